The molecule has 0 aliphatic rings. The molecule has 20 heteroatoms. The number of nitrogens with zero attached hydrogens (tertiary/aromatic N) is 8. The first-order chi connectivity index (χ1) is 69.5. The minimum Gasteiger partial charge on any atom is -0.507 e. The second-order valence-corrected chi connectivity index (χ2v) is 40.1. The molecule has 0 saturated heterocycles. The van der Waals surface area contributed by atoms with E-state index in [2.05, 4.69) is 203 Å². The smallest absolute Gasteiger partial charge is 0.230 e. The topological polar surface area (TPSA) is 237 Å². The number of hydrogen-bond donors (Lipinski definition) is 4. The molecule has 0 aliphatic heterocycles. The van der Waals surface area contributed by atoms with Crippen molar-refractivity contribution < 1.29 is 122 Å². The Morgan fingerprint density at radius 1 is 0.203 bits per heavy atom. The third kappa shape index (κ3) is 21.5. The van der Waals surface area contributed by atoms with Crippen molar-refractivity contribution >= 4 is 87.5 Å². The van der Waals surface area contributed by atoms with Gasteiger partial charge in [0.25, 0.3) is 0 Å². The van der Waals surface area contributed by atoms with Crippen molar-refractivity contribution in [3.05, 3.63) is 411 Å². The Balaban J connectivity index is 0.000000134. The van der Waals surface area contributed by atoms with E-state index in [1.165, 1.54) is 11.1 Å². The predicted molar refractivity (Wildman–Crippen MR) is 579 cm³/mol. The van der Waals surface area contributed by atoms with E-state index in [1.807, 2.05) is 213 Å². The molecule has 4 N–H and O–H groups in total. The van der Waals surface area contributed by atoms with Gasteiger partial charge in [-0.3, -0.25) is 19.9 Å². The first-order valence-corrected chi connectivity index (χ1v) is 47.9. The van der Waals surface area contributed by atoms with Gasteiger partial charge in [0.05, 0.1) is 44.3 Å². The largest absolute Gasteiger partial charge is 0.507 e. The summed E-state index contributed by atoms with van der Waals surface area (Å²) < 4.78 is 24.6. The van der Waals surface area contributed by atoms with Crippen LogP contribution >= 0.6 is 0 Å². The van der Waals surface area contributed by atoms with Gasteiger partial charge in [0.1, 0.15) is 45.3 Å². The third-order valence-corrected chi connectivity index (χ3v) is 26.0. The number of pyridine rings is 4. The summed E-state index contributed by atoms with van der Waals surface area (Å²) in [5.74, 6) is 2.10. The molecule has 0 fully saturated rings. The molecule has 24 aromatic rings. The van der Waals surface area contributed by atoms with Crippen molar-refractivity contribution in [3.63, 3.8) is 0 Å². The molecule has 16 nitrogen and oxygen atoms in total. The number of para-hydroxylation sites is 6. The van der Waals surface area contributed by atoms with Crippen LogP contribution in [0.4, 0.5) is 0 Å². The van der Waals surface area contributed by atoms with Gasteiger partial charge < -0.3 is 38.1 Å². The number of oxazole rings is 4. The van der Waals surface area contributed by atoms with E-state index in [0.717, 1.165) is 166 Å². The summed E-state index contributed by atoms with van der Waals surface area (Å²) in [4.78, 5) is 38.2. The van der Waals surface area contributed by atoms with Gasteiger partial charge in [-0.2, -0.15) is 0 Å². The number of hydrogen-bond acceptors (Lipinski definition) is 16. The van der Waals surface area contributed by atoms with Gasteiger partial charge in [-0.05, 0) is 173 Å². The molecule has 0 atom stereocenters. The molecule has 0 aliphatic carbocycles. The van der Waals surface area contributed by atoms with Gasteiger partial charge in [-0.25, -0.2) is 19.9 Å². The van der Waals surface area contributed by atoms with Gasteiger partial charge in [0.15, 0.2) is 0 Å². The second-order valence-electron chi connectivity index (χ2n) is 40.1. The first kappa shape index (κ1) is 104. The number of aromatic nitrogens is 8. The summed E-state index contributed by atoms with van der Waals surface area (Å²) in [7, 11) is 0. The Morgan fingerprint density at radius 2 is 0.432 bits per heavy atom. The molecule has 8 aromatic heterocycles. The molecule has 24 rings (SSSR count). The van der Waals surface area contributed by atoms with E-state index >= 15 is 0 Å². The van der Waals surface area contributed by atoms with Crippen LogP contribution in [0, 0.1) is 24.3 Å². The molecule has 16 aromatic carbocycles. The Hall–Kier alpha value is -15.0. The Kier molecular flexibility index (Phi) is 30.5. The zero-order valence-electron chi connectivity index (χ0n) is 82.9. The van der Waals surface area contributed by atoms with Gasteiger partial charge >= 0.3 is 0 Å². The molecule has 148 heavy (non-hydrogen) atoms. The maximum atomic E-state index is 10.5. The summed E-state index contributed by atoms with van der Waals surface area (Å²) >= 11 is 0. The number of phenols is 4. The molecule has 8 heterocycles. The summed E-state index contributed by atoms with van der Waals surface area (Å²) in [6, 6.07) is 125. The predicted octanol–water partition coefficient (Wildman–Crippen LogP) is 32.7. The maximum absolute atomic E-state index is 10.5. The number of fused-ring (bicyclic) bond motifs is 8. The summed E-state index contributed by atoms with van der Waals surface area (Å²) in [5.41, 5.74) is 26.8. The number of aromatic hydroxyl groups is 4. The van der Waals surface area contributed by atoms with Crippen molar-refractivity contribution in [3.8, 4) is 158 Å². The number of phenolic OH excluding ortho intramolecular Hbond substituents is 4. The van der Waals surface area contributed by atoms with Crippen LogP contribution in [0.25, 0.3) is 223 Å². The Morgan fingerprint density at radius 3 is 0.757 bits per heavy atom. The molecule has 0 unspecified atom stereocenters. The van der Waals surface area contributed by atoms with Crippen LogP contribution < -0.4 is 0 Å². The van der Waals surface area contributed by atoms with Gasteiger partial charge in [-0.1, -0.05) is 310 Å². The standard InChI is InChI=1S/C36H33N2O2.2C32H25N2O2.C28H17N2O2.4Pt/c1-35(2,3)25-18-23(17-24(19-25)32-27-12-8-7-11-22(27)15-16-37-32)29-20-26(36(4,5)6)21-31-33(29)38-34(40-31)28-13-9-10-14-30(28)39;1-32(2,3)23-18-26(30-28(19-23)36-31(34-30)25-13-6-7-14-27(25)35)21-10-8-11-22(17-21)29-24-12-5-4-9-20(24)15-16-33-29;1-32(2,3)23-18-21(17-22(19-23)29-24-10-5-4-9-20(24)15-16-33-29)25-12-8-14-28-30(25)34-31(36-28)26-11-6-7-13-27(26)35;31-24-13-4-3-11-23(24)28-30-27-22(12-6-14-25(27)32-28)19-8-5-9-20(17-19)26-21-10-2-1-7-18(21)15-16-29-26;;;;/h7-16,18-21,39H,1-6H3;2*4-16,18-19,35H,1-3H3;1-16,31H;;;;/q4*-1;;;;. The van der Waals surface area contributed by atoms with Crippen molar-refractivity contribution in [2.75, 3.05) is 0 Å². The molecule has 0 bridgehead atoms. The van der Waals surface area contributed by atoms with Crippen molar-refractivity contribution in [2.24, 2.45) is 0 Å². The molecule has 0 saturated carbocycles. The van der Waals surface area contributed by atoms with E-state index < -0.39 is 0 Å². The van der Waals surface area contributed by atoms with E-state index in [9.17, 15) is 20.4 Å². The molecular weight excluding hydrogens is 2560 g/mol. The summed E-state index contributed by atoms with van der Waals surface area (Å²) in [6.07, 6.45) is 7.39. The van der Waals surface area contributed by atoms with E-state index in [1.54, 1.807) is 60.7 Å². The van der Waals surface area contributed by atoms with Crippen LogP contribution in [0.5, 0.6) is 23.0 Å². The van der Waals surface area contributed by atoms with Crippen molar-refractivity contribution in [1.82, 2.24) is 39.9 Å². The molecular formula is C128H100N8O8Pt4-4. The van der Waals surface area contributed by atoms with E-state index in [4.69, 9.17) is 52.6 Å². The van der Waals surface area contributed by atoms with Gasteiger partial charge in [0, 0.05) is 132 Å². The fourth-order valence-corrected chi connectivity index (χ4v) is 18.2. The zero-order valence-corrected chi connectivity index (χ0v) is 92.0. The maximum Gasteiger partial charge on any atom is 0.230 e. The first-order valence-electron chi connectivity index (χ1n) is 47.9. The average Bonchev–Trinajstić information content (AvgIpc) is 1.58. The van der Waals surface area contributed by atoms with Crippen molar-refractivity contribution in [2.45, 2.75) is 105 Å². The van der Waals surface area contributed by atoms with Gasteiger partial charge in [-0.15, -0.1) is 118 Å². The van der Waals surface area contributed by atoms with Crippen LogP contribution in [-0.4, -0.2) is 60.3 Å². The molecule has 0 amide bonds. The number of benzene rings is 16. The Bertz CT molecular complexity index is 9050. The van der Waals surface area contributed by atoms with E-state index in [0.29, 0.717) is 68.1 Å². The second kappa shape index (κ2) is 43.2. The summed E-state index contributed by atoms with van der Waals surface area (Å²) in [5, 5.41) is 50.4. The monoisotopic (exact) mass is 2660 g/mol. The average molecular weight is 2660 g/mol. The molecule has 744 valence electrons. The van der Waals surface area contributed by atoms with Crippen molar-refractivity contribution in [1.29, 1.82) is 0 Å². The quantitative estimate of drug-likeness (QED) is 0.0832. The zero-order chi connectivity index (χ0) is 99.5. The SMILES string of the molecule is CC(C)(C)c1cc(-c2[c-]c(-c3nccc4ccccc34)ccc2)c2nc(-c3ccccc3O)oc2c1.CC(C)(C)c1cc(-c2nccc3ccccc23)[c-]c(-c2cc(C(C)(C)C)cc3oc(-c4ccccc4O)nc23)c1.CC(C)(C)c1cc(-c2nccc3ccccc23)[c-]c(-c2cccc3oc(-c4ccccc4O)nc23)c1.Oc1ccccc1-c1nc2c(-c3[c-]c(-c4nccc5ccccc45)ccc3)cccc2o1.[Pt].[Pt].[Pt].[Pt]. The molecule has 0 radical (unpaired) electrons. The third-order valence-electron chi connectivity index (χ3n) is 26.0. The fourth-order valence-electron chi connectivity index (χ4n) is 18.2. The molecule has 0 spiro atoms. The Labute approximate surface area is 915 Å². The van der Waals surface area contributed by atoms with E-state index in [-0.39, 0.29) is 129 Å². The minimum atomic E-state index is -0.119. The van der Waals surface area contributed by atoms with Crippen LogP contribution in [0.1, 0.15) is 105 Å². The van der Waals surface area contributed by atoms with Crippen LogP contribution in [0.2, 0.25) is 0 Å². The van der Waals surface area contributed by atoms with Crippen LogP contribution in [0.15, 0.2) is 382 Å². The van der Waals surface area contributed by atoms with Gasteiger partial charge in [0.2, 0.25) is 23.6 Å². The van der Waals surface area contributed by atoms with Crippen LogP contribution in [-0.2, 0) is 106 Å². The normalized spacial score (nSPS) is 11.5. The number of rotatable bonds is 12. The van der Waals surface area contributed by atoms with Crippen LogP contribution in [0.3, 0.4) is 0 Å². The summed E-state index contributed by atoms with van der Waals surface area (Å²) in [6.45, 7) is 26.4. The minimum absolute atomic E-state index is 0. The fraction of sp³-hybridized carbons (Fsp3) is 0.125.